The van der Waals surface area contributed by atoms with Crippen molar-refractivity contribution in [1.82, 2.24) is 19.9 Å². The summed E-state index contributed by atoms with van der Waals surface area (Å²) in [4.78, 5) is 32.4. The fourth-order valence-electron chi connectivity index (χ4n) is 3.59. The summed E-state index contributed by atoms with van der Waals surface area (Å²) >= 11 is 1.39. The van der Waals surface area contributed by atoms with Gasteiger partial charge >= 0.3 is 0 Å². The first kappa shape index (κ1) is 19.6. The lowest BCUT2D eigenvalue weighted by molar-refractivity contribution is 0.0948. The molecule has 1 aromatic carbocycles. The predicted octanol–water partition coefficient (Wildman–Crippen LogP) is 2.88. The lowest BCUT2D eigenvalue weighted by Crippen LogP contribution is -2.34. The lowest BCUT2D eigenvalue weighted by atomic mass is 10.0. The standard InChI is InChI=1S/C21H25N5O2S/c1-3-15-6-8-16(9-7-15)11-22-18(27)17-12-23-20-26(19(17)28)24-21(29-20)25-10-4-5-14(2)13-25/h6-9,12,14H,3-5,10-11,13H2,1-2H3,(H,22,27). The van der Waals surface area contributed by atoms with Crippen molar-refractivity contribution < 1.29 is 4.79 Å². The van der Waals surface area contributed by atoms with Gasteiger partial charge in [0.2, 0.25) is 10.1 Å². The summed E-state index contributed by atoms with van der Waals surface area (Å²) in [5.74, 6) is 0.172. The molecule has 1 unspecified atom stereocenters. The first-order valence-corrected chi connectivity index (χ1v) is 10.9. The molecule has 1 aliphatic rings. The number of aromatic nitrogens is 3. The van der Waals surface area contributed by atoms with E-state index in [9.17, 15) is 9.59 Å². The molecule has 0 radical (unpaired) electrons. The van der Waals surface area contributed by atoms with Gasteiger partial charge in [-0.1, -0.05) is 49.4 Å². The molecule has 152 valence electrons. The molecule has 3 heterocycles. The number of nitrogens with zero attached hydrogens (tertiary/aromatic N) is 4. The number of piperidine rings is 1. The number of hydrogen-bond donors (Lipinski definition) is 1. The Hall–Kier alpha value is -2.74. The Morgan fingerprint density at radius 1 is 1.28 bits per heavy atom. The Bertz CT molecular complexity index is 1070. The van der Waals surface area contributed by atoms with Gasteiger partial charge in [0.15, 0.2) is 0 Å². The molecule has 1 fully saturated rings. The van der Waals surface area contributed by atoms with Crippen LogP contribution >= 0.6 is 11.3 Å². The summed E-state index contributed by atoms with van der Waals surface area (Å²) in [6, 6.07) is 8.06. The van der Waals surface area contributed by atoms with Crippen molar-refractivity contribution in [2.45, 2.75) is 39.7 Å². The molecule has 1 atom stereocenters. The highest BCUT2D eigenvalue weighted by Crippen LogP contribution is 2.26. The van der Waals surface area contributed by atoms with Crippen LogP contribution in [0.2, 0.25) is 0 Å². The zero-order valence-electron chi connectivity index (χ0n) is 16.7. The quantitative estimate of drug-likeness (QED) is 0.698. The number of rotatable bonds is 5. The maximum absolute atomic E-state index is 12.8. The Kier molecular flexibility index (Phi) is 5.62. The van der Waals surface area contributed by atoms with Crippen molar-refractivity contribution in [2.24, 2.45) is 5.92 Å². The van der Waals surface area contributed by atoms with Gasteiger partial charge < -0.3 is 10.2 Å². The molecule has 7 nitrogen and oxygen atoms in total. The number of aryl methyl sites for hydroxylation is 1. The van der Waals surface area contributed by atoms with Crippen LogP contribution in [0.3, 0.4) is 0 Å². The van der Waals surface area contributed by atoms with Gasteiger partial charge in [-0.3, -0.25) is 9.59 Å². The second kappa shape index (κ2) is 8.32. The van der Waals surface area contributed by atoms with E-state index < -0.39 is 11.5 Å². The summed E-state index contributed by atoms with van der Waals surface area (Å²) in [5.41, 5.74) is 1.81. The number of fused-ring (bicyclic) bond motifs is 1. The second-order valence-electron chi connectivity index (χ2n) is 7.60. The molecular formula is C21H25N5O2S. The number of carbonyl (C=O) groups is 1. The number of amides is 1. The maximum Gasteiger partial charge on any atom is 0.288 e. The van der Waals surface area contributed by atoms with E-state index >= 15 is 0 Å². The summed E-state index contributed by atoms with van der Waals surface area (Å²) in [6.07, 6.45) is 4.66. The number of benzene rings is 1. The van der Waals surface area contributed by atoms with E-state index in [2.05, 4.69) is 34.1 Å². The first-order valence-electron chi connectivity index (χ1n) is 10.0. The predicted molar refractivity (Wildman–Crippen MR) is 115 cm³/mol. The second-order valence-corrected chi connectivity index (χ2v) is 8.54. The molecule has 8 heteroatoms. The summed E-state index contributed by atoms with van der Waals surface area (Å²) < 4.78 is 1.25. The number of carbonyl (C=O) groups excluding carboxylic acids is 1. The maximum atomic E-state index is 12.8. The molecule has 3 aromatic rings. The van der Waals surface area contributed by atoms with Crippen LogP contribution in [0.5, 0.6) is 0 Å². The Morgan fingerprint density at radius 3 is 2.76 bits per heavy atom. The number of nitrogens with one attached hydrogen (secondary N) is 1. The molecule has 0 spiro atoms. The van der Waals surface area contributed by atoms with E-state index in [1.54, 1.807) is 0 Å². The van der Waals surface area contributed by atoms with Crippen molar-refractivity contribution in [3.63, 3.8) is 0 Å². The summed E-state index contributed by atoms with van der Waals surface area (Å²) in [7, 11) is 0. The molecule has 4 rings (SSSR count). The molecule has 1 aliphatic heterocycles. The van der Waals surface area contributed by atoms with E-state index in [0.29, 0.717) is 17.4 Å². The fourth-order valence-corrected chi connectivity index (χ4v) is 4.49. The van der Waals surface area contributed by atoms with Crippen molar-refractivity contribution in [3.8, 4) is 0 Å². The fraction of sp³-hybridized carbons (Fsp3) is 0.429. The van der Waals surface area contributed by atoms with Crippen LogP contribution < -0.4 is 15.8 Å². The molecule has 0 aliphatic carbocycles. The molecule has 1 saturated heterocycles. The van der Waals surface area contributed by atoms with Crippen LogP contribution in [0, 0.1) is 5.92 Å². The van der Waals surface area contributed by atoms with Crippen LogP contribution in [0.25, 0.3) is 4.96 Å². The van der Waals surface area contributed by atoms with E-state index in [0.717, 1.165) is 36.6 Å². The minimum absolute atomic E-state index is 0.0107. The smallest absolute Gasteiger partial charge is 0.288 e. The van der Waals surface area contributed by atoms with E-state index in [1.807, 2.05) is 24.3 Å². The van der Waals surface area contributed by atoms with E-state index in [1.165, 1.54) is 34.0 Å². The van der Waals surface area contributed by atoms with Crippen molar-refractivity contribution >= 4 is 27.3 Å². The summed E-state index contributed by atoms with van der Waals surface area (Å²) in [6.45, 7) is 6.55. The largest absolute Gasteiger partial charge is 0.348 e. The first-order chi connectivity index (χ1) is 14.0. The van der Waals surface area contributed by atoms with Crippen molar-refractivity contribution in [1.29, 1.82) is 0 Å². The van der Waals surface area contributed by atoms with Crippen molar-refractivity contribution in [2.75, 3.05) is 18.0 Å². The van der Waals surface area contributed by atoms with Gasteiger partial charge in [0.25, 0.3) is 11.5 Å². The monoisotopic (exact) mass is 411 g/mol. The summed E-state index contributed by atoms with van der Waals surface area (Å²) in [5, 5.41) is 8.05. The van der Waals surface area contributed by atoms with E-state index in [4.69, 9.17) is 0 Å². The van der Waals surface area contributed by atoms with Gasteiger partial charge in [0.1, 0.15) is 5.56 Å². The lowest BCUT2D eigenvalue weighted by Gasteiger charge is -2.30. The average Bonchev–Trinajstić information content (AvgIpc) is 3.18. The van der Waals surface area contributed by atoms with Gasteiger partial charge in [0.05, 0.1) is 0 Å². The molecule has 2 aromatic heterocycles. The van der Waals surface area contributed by atoms with Gasteiger partial charge in [-0.15, -0.1) is 5.10 Å². The van der Waals surface area contributed by atoms with Crippen LogP contribution in [0.4, 0.5) is 5.13 Å². The van der Waals surface area contributed by atoms with Crippen molar-refractivity contribution in [3.05, 3.63) is 57.5 Å². The highest BCUT2D eigenvalue weighted by atomic mass is 32.1. The highest BCUT2D eigenvalue weighted by Gasteiger charge is 2.22. The topological polar surface area (TPSA) is 79.6 Å². The third kappa shape index (κ3) is 4.17. The number of hydrogen-bond acceptors (Lipinski definition) is 6. The molecule has 1 amide bonds. The molecular weight excluding hydrogens is 386 g/mol. The van der Waals surface area contributed by atoms with Gasteiger partial charge in [-0.2, -0.15) is 4.52 Å². The molecule has 1 N–H and O–H groups in total. The number of anilines is 1. The van der Waals surface area contributed by atoms with Crippen LogP contribution in [-0.4, -0.2) is 33.6 Å². The minimum atomic E-state index is -0.433. The Balaban J connectivity index is 1.51. The molecule has 29 heavy (non-hydrogen) atoms. The van der Waals surface area contributed by atoms with Gasteiger partial charge in [0, 0.05) is 25.8 Å². The minimum Gasteiger partial charge on any atom is -0.348 e. The third-order valence-electron chi connectivity index (χ3n) is 5.33. The zero-order valence-corrected chi connectivity index (χ0v) is 17.5. The van der Waals surface area contributed by atoms with E-state index in [-0.39, 0.29) is 5.56 Å². The molecule has 0 saturated carbocycles. The SMILES string of the molecule is CCc1ccc(CNC(=O)c2cnc3sc(N4CCCC(C)C4)nn3c2=O)cc1. The van der Waals surface area contributed by atoms with Gasteiger partial charge in [-0.05, 0) is 36.3 Å². The third-order valence-corrected chi connectivity index (χ3v) is 6.32. The van der Waals surface area contributed by atoms with Gasteiger partial charge in [-0.25, -0.2) is 4.98 Å². The van der Waals surface area contributed by atoms with Crippen LogP contribution in [0.1, 0.15) is 48.2 Å². The Labute approximate surface area is 173 Å². The van der Waals surface area contributed by atoms with Crippen LogP contribution in [-0.2, 0) is 13.0 Å². The highest BCUT2D eigenvalue weighted by molar-refractivity contribution is 7.20. The van der Waals surface area contributed by atoms with Crippen LogP contribution in [0.15, 0.2) is 35.3 Å². The normalized spacial score (nSPS) is 16.9. The average molecular weight is 412 g/mol. The Morgan fingerprint density at radius 2 is 2.03 bits per heavy atom. The zero-order chi connectivity index (χ0) is 20.4. The molecule has 0 bridgehead atoms.